The zero-order valence-corrected chi connectivity index (χ0v) is 10.2. The van der Waals surface area contributed by atoms with Gasteiger partial charge in [0.25, 0.3) is 0 Å². The molecule has 1 aromatic rings. The van der Waals surface area contributed by atoms with E-state index in [-0.39, 0.29) is 12.3 Å². The second-order valence-corrected chi connectivity index (χ2v) is 4.46. The van der Waals surface area contributed by atoms with E-state index in [0.29, 0.717) is 24.8 Å². The van der Waals surface area contributed by atoms with Gasteiger partial charge in [-0.1, -0.05) is 0 Å². The van der Waals surface area contributed by atoms with E-state index in [1.54, 1.807) is 12.3 Å². The molecule has 1 N–H and O–H groups in total. The fraction of sp³-hybridized carbons (Fsp3) is 0.583. The summed E-state index contributed by atoms with van der Waals surface area (Å²) in [5.41, 5.74) is 0.0438. The summed E-state index contributed by atoms with van der Waals surface area (Å²) in [4.78, 5) is 16.8. The Morgan fingerprint density at radius 2 is 2.33 bits per heavy atom. The highest BCUT2D eigenvalue weighted by Gasteiger charge is 2.30. The van der Waals surface area contributed by atoms with E-state index in [0.717, 1.165) is 19.3 Å². The van der Waals surface area contributed by atoms with Gasteiger partial charge in [-0.05, 0) is 31.7 Å². The smallest absolute Gasteiger partial charge is 0.311 e. The van der Waals surface area contributed by atoms with Gasteiger partial charge in [0.05, 0.1) is 4.92 Å². The van der Waals surface area contributed by atoms with Crippen LogP contribution in [0, 0.1) is 10.1 Å². The zero-order valence-electron chi connectivity index (χ0n) is 10.2. The maximum atomic E-state index is 11.0. The molecule has 0 saturated heterocycles. The number of pyridine rings is 1. The lowest BCUT2D eigenvalue weighted by Crippen LogP contribution is -2.42. The summed E-state index contributed by atoms with van der Waals surface area (Å²) in [6.45, 7) is 0.697. The SMILES string of the molecule is O=[N+]([O-])c1cccnc1N(CCCO)C1CCC1. The lowest BCUT2D eigenvalue weighted by molar-refractivity contribution is -0.384. The number of rotatable bonds is 6. The molecule has 6 heteroatoms. The van der Waals surface area contributed by atoms with Crippen molar-refractivity contribution in [2.45, 2.75) is 31.7 Å². The third kappa shape index (κ3) is 2.59. The minimum absolute atomic E-state index is 0.0438. The van der Waals surface area contributed by atoms with Crippen molar-refractivity contribution in [3.63, 3.8) is 0 Å². The van der Waals surface area contributed by atoms with E-state index in [4.69, 9.17) is 5.11 Å². The van der Waals surface area contributed by atoms with Crippen LogP contribution in [0.1, 0.15) is 25.7 Å². The fourth-order valence-electron chi connectivity index (χ4n) is 2.15. The molecule has 2 rings (SSSR count). The zero-order chi connectivity index (χ0) is 13.0. The molecule has 0 unspecified atom stereocenters. The highest BCUT2D eigenvalue weighted by Crippen LogP contribution is 2.33. The number of nitro groups is 1. The normalized spacial score (nSPS) is 15.2. The van der Waals surface area contributed by atoms with Crippen LogP contribution in [0.25, 0.3) is 0 Å². The van der Waals surface area contributed by atoms with E-state index in [9.17, 15) is 10.1 Å². The Bertz CT molecular complexity index is 421. The molecule has 18 heavy (non-hydrogen) atoms. The van der Waals surface area contributed by atoms with Gasteiger partial charge in [0, 0.05) is 31.5 Å². The first-order chi connectivity index (χ1) is 8.74. The number of aliphatic hydroxyl groups is 1. The summed E-state index contributed by atoms with van der Waals surface area (Å²) in [5.74, 6) is 0.431. The molecule has 1 aliphatic carbocycles. The number of aromatic nitrogens is 1. The Kier molecular flexibility index (Phi) is 4.09. The molecule has 0 aliphatic heterocycles. The van der Waals surface area contributed by atoms with Crippen molar-refractivity contribution in [1.29, 1.82) is 0 Å². The van der Waals surface area contributed by atoms with Crippen LogP contribution < -0.4 is 4.90 Å². The van der Waals surface area contributed by atoms with Crippen molar-refractivity contribution >= 4 is 11.5 Å². The van der Waals surface area contributed by atoms with Crippen LogP contribution in [0.5, 0.6) is 0 Å². The third-order valence-corrected chi connectivity index (χ3v) is 3.31. The lowest BCUT2D eigenvalue weighted by Gasteiger charge is -2.38. The van der Waals surface area contributed by atoms with Gasteiger partial charge in [-0.3, -0.25) is 10.1 Å². The van der Waals surface area contributed by atoms with Gasteiger partial charge in [-0.2, -0.15) is 0 Å². The van der Waals surface area contributed by atoms with Gasteiger partial charge < -0.3 is 10.0 Å². The van der Waals surface area contributed by atoms with Crippen molar-refractivity contribution in [2.24, 2.45) is 0 Å². The highest BCUT2D eigenvalue weighted by atomic mass is 16.6. The summed E-state index contributed by atoms with van der Waals surface area (Å²) >= 11 is 0. The molecule has 1 aliphatic rings. The van der Waals surface area contributed by atoms with Crippen molar-refractivity contribution in [2.75, 3.05) is 18.1 Å². The molecular weight excluding hydrogens is 234 g/mol. The maximum absolute atomic E-state index is 11.0. The minimum Gasteiger partial charge on any atom is -0.396 e. The molecule has 1 fully saturated rings. The van der Waals surface area contributed by atoms with Crippen LogP contribution in [0.3, 0.4) is 0 Å². The summed E-state index contributed by atoms with van der Waals surface area (Å²) in [5, 5.41) is 20.0. The van der Waals surface area contributed by atoms with Gasteiger partial charge >= 0.3 is 5.69 Å². The molecule has 0 spiro atoms. The largest absolute Gasteiger partial charge is 0.396 e. The van der Waals surface area contributed by atoms with Crippen LogP contribution in [0.2, 0.25) is 0 Å². The minimum atomic E-state index is -0.396. The molecule has 1 saturated carbocycles. The number of aliphatic hydroxyl groups excluding tert-OH is 1. The second-order valence-electron chi connectivity index (χ2n) is 4.46. The standard InChI is InChI=1S/C12H17N3O3/c16-9-3-8-14(10-4-1-5-10)12-11(15(17)18)6-2-7-13-12/h2,6-7,10,16H,1,3-5,8-9H2. The van der Waals surface area contributed by atoms with Gasteiger partial charge in [-0.15, -0.1) is 0 Å². The molecule has 6 nitrogen and oxygen atoms in total. The molecule has 0 atom stereocenters. The van der Waals surface area contributed by atoms with E-state index < -0.39 is 4.92 Å². The third-order valence-electron chi connectivity index (χ3n) is 3.31. The number of nitrogens with zero attached hydrogens (tertiary/aromatic N) is 3. The molecule has 98 valence electrons. The Balaban J connectivity index is 2.25. The Hall–Kier alpha value is -1.69. The van der Waals surface area contributed by atoms with Crippen LogP contribution >= 0.6 is 0 Å². The van der Waals surface area contributed by atoms with E-state index in [1.807, 2.05) is 4.90 Å². The molecule has 0 amide bonds. The lowest BCUT2D eigenvalue weighted by atomic mass is 9.91. The fourth-order valence-corrected chi connectivity index (χ4v) is 2.15. The van der Waals surface area contributed by atoms with Crippen molar-refractivity contribution in [3.05, 3.63) is 28.4 Å². The second kappa shape index (κ2) is 5.77. The average molecular weight is 251 g/mol. The summed E-state index contributed by atoms with van der Waals surface area (Å²) in [7, 11) is 0. The van der Waals surface area contributed by atoms with Gasteiger partial charge in [0.2, 0.25) is 5.82 Å². The van der Waals surface area contributed by atoms with E-state index >= 15 is 0 Å². The van der Waals surface area contributed by atoms with Crippen LogP contribution in [0.4, 0.5) is 11.5 Å². The topological polar surface area (TPSA) is 79.5 Å². The molecular formula is C12H17N3O3. The van der Waals surface area contributed by atoms with Crippen LogP contribution in [0.15, 0.2) is 18.3 Å². The summed E-state index contributed by atoms with van der Waals surface area (Å²) in [6, 6.07) is 3.38. The molecule has 0 radical (unpaired) electrons. The predicted molar refractivity (Wildman–Crippen MR) is 67.6 cm³/mol. The number of hydrogen-bond acceptors (Lipinski definition) is 5. The monoisotopic (exact) mass is 251 g/mol. The van der Waals surface area contributed by atoms with E-state index in [1.165, 1.54) is 6.07 Å². The van der Waals surface area contributed by atoms with Crippen LogP contribution in [-0.2, 0) is 0 Å². The first kappa shape index (κ1) is 12.8. The van der Waals surface area contributed by atoms with E-state index in [2.05, 4.69) is 4.98 Å². The first-order valence-corrected chi connectivity index (χ1v) is 6.21. The Morgan fingerprint density at radius 3 is 2.89 bits per heavy atom. The molecule has 1 aromatic heterocycles. The highest BCUT2D eigenvalue weighted by molar-refractivity contribution is 5.58. The van der Waals surface area contributed by atoms with Gasteiger partial charge in [0.15, 0.2) is 0 Å². The number of anilines is 1. The molecule has 0 aromatic carbocycles. The quantitative estimate of drug-likeness (QED) is 0.615. The average Bonchev–Trinajstić information content (AvgIpc) is 2.32. The van der Waals surface area contributed by atoms with Gasteiger partial charge in [-0.25, -0.2) is 4.98 Å². The number of hydrogen-bond donors (Lipinski definition) is 1. The molecule has 0 bridgehead atoms. The predicted octanol–water partition coefficient (Wildman–Crippen LogP) is 1.73. The first-order valence-electron chi connectivity index (χ1n) is 6.21. The van der Waals surface area contributed by atoms with Crippen molar-refractivity contribution in [1.82, 2.24) is 4.98 Å². The summed E-state index contributed by atoms with van der Waals surface area (Å²) < 4.78 is 0. The van der Waals surface area contributed by atoms with Crippen molar-refractivity contribution < 1.29 is 10.0 Å². The summed E-state index contributed by atoms with van der Waals surface area (Å²) in [6.07, 6.45) is 5.41. The maximum Gasteiger partial charge on any atom is 0.311 e. The van der Waals surface area contributed by atoms with Gasteiger partial charge in [0.1, 0.15) is 0 Å². The van der Waals surface area contributed by atoms with Crippen LogP contribution in [-0.4, -0.2) is 34.2 Å². The van der Waals surface area contributed by atoms with Crippen molar-refractivity contribution in [3.8, 4) is 0 Å². The Labute approximate surface area is 105 Å². The Morgan fingerprint density at radius 1 is 1.56 bits per heavy atom. The molecule has 1 heterocycles.